The Morgan fingerprint density at radius 1 is 1.33 bits per heavy atom. The highest BCUT2D eigenvalue weighted by Gasteiger charge is 2.41. The molecule has 2 heterocycles. The largest absolute Gasteiger partial charge is 0.326 e. The second-order valence-corrected chi connectivity index (χ2v) is 8.33. The van der Waals surface area contributed by atoms with Crippen LogP contribution in [0, 0.1) is 11.8 Å². The molecular weight excluding hydrogens is 268 g/mol. The lowest BCUT2D eigenvalue weighted by atomic mass is 10.0. The number of hydrogen-bond donors (Lipinski definition) is 1. The molecule has 1 aromatic rings. The number of sulfonamides is 1. The van der Waals surface area contributed by atoms with Crippen LogP contribution in [-0.4, -0.2) is 25.8 Å². The molecule has 0 amide bonds. The lowest BCUT2D eigenvalue weighted by Gasteiger charge is -2.15. The molecule has 2 atom stereocenters. The van der Waals surface area contributed by atoms with Crippen LogP contribution in [0.3, 0.4) is 0 Å². The molecule has 1 aliphatic carbocycles. The monoisotopic (exact) mass is 286 g/mol. The van der Waals surface area contributed by atoms with Gasteiger partial charge in [-0.1, -0.05) is 6.42 Å². The van der Waals surface area contributed by atoms with Gasteiger partial charge in [0.05, 0.1) is 0 Å². The zero-order valence-electron chi connectivity index (χ0n) is 10.2. The molecule has 0 bridgehead atoms. The van der Waals surface area contributed by atoms with Crippen LogP contribution in [0.5, 0.6) is 0 Å². The fourth-order valence-electron chi connectivity index (χ4n) is 3.11. The standard InChI is InChI=1S/C12H18N2O2S2/c13-5-9-4-12(17-8-9)18(15,16)14-6-10-2-1-3-11(10)7-14/h4,8,10-11H,1-3,5-7,13H2. The van der Waals surface area contributed by atoms with Gasteiger partial charge in [0.25, 0.3) is 10.0 Å². The van der Waals surface area contributed by atoms with Crippen LogP contribution >= 0.6 is 11.3 Å². The minimum atomic E-state index is -3.27. The third-order valence-electron chi connectivity index (χ3n) is 4.15. The molecule has 6 heteroatoms. The number of hydrogen-bond acceptors (Lipinski definition) is 4. The summed E-state index contributed by atoms with van der Waals surface area (Å²) in [4.78, 5) is 0. The quantitative estimate of drug-likeness (QED) is 0.918. The van der Waals surface area contributed by atoms with E-state index in [9.17, 15) is 8.42 Å². The van der Waals surface area contributed by atoms with Crippen LogP contribution in [0.2, 0.25) is 0 Å². The SMILES string of the molecule is NCc1csc(S(=O)(=O)N2CC3CCCC3C2)c1. The van der Waals surface area contributed by atoms with Gasteiger partial charge in [0.2, 0.25) is 0 Å². The molecule has 2 N–H and O–H groups in total. The summed E-state index contributed by atoms with van der Waals surface area (Å²) in [6.45, 7) is 1.82. The van der Waals surface area contributed by atoms with E-state index in [0.29, 0.717) is 35.7 Å². The third-order valence-corrected chi connectivity index (χ3v) is 7.45. The van der Waals surface area contributed by atoms with Crippen LogP contribution in [0.1, 0.15) is 24.8 Å². The van der Waals surface area contributed by atoms with Crippen LogP contribution in [0.15, 0.2) is 15.7 Å². The van der Waals surface area contributed by atoms with E-state index in [-0.39, 0.29) is 0 Å². The molecule has 3 rings (SSSR count). The molecule has 0 spiro atoms. The fourth-order valence-corrected chi connectivity index (χ4v) is 6.04. The molecule has 4 nitrogen and oxygen atoms in total. The maximum absolute atomic E-state index is 12.5. The van der Waals surface area contributed by atoms with Gasteiger partial charge in [0.1, 0.15) is 4.21 Å². The maximum Gasteiger partial charge on any atom is 0.252 e. The lowest BCUT2D eigenvalue weighted by Crippen LogP contribution is -2.29. The summed E-state index contributed by atoms with van der Waals surface area (Å²) in [5, 5.41) is 1.84. The Morgan fingerprint density at radius 3 is 2.56 bits per heavy atom. The number of rotatable bonds is 3. The molecular formula is C12H18N2O2S2. The van der Waals surface area contributed by atoms with E-state index < -0.39 is 10.0 Å². The van der Waals surface area contributed by atoms with Crippen molar-refractivity contribution in [2.24, 2.45) is 17.6 Å². The van der Waals surface area contributed by atoms with Gasteiger partial charge in [-0.15, -0.1) is 11.3 Å². The Kier molecular flexibility index (Phi) is 3.21. The molecule has 2 unspecified atom stereocenters. The summed E-state index contributed by atoms with van der Waals surface area (Å²) in [6.07, 6.45) is 3.64. The third kappa shape index (κ3) is 2.01. The predicted molar refractivity (Wildman–Crippen MR) is 71.8 cm³/mol. The van der Waals surface area contributed by atoms with Gasteiger partial charge >= 0.3 is 0 Å². The Balaban J connectivity index is 1.82. The first-order valence-corrected chi connectivity index (χ1v) is 8.71. The van der Waals surface area contributed by atoms with Crippen molar-refractivity contribution in [3.63, 3.8) is 0 Å². The second-order valence-electron chi connectivity index (χ2n) is 5.25. The number of thiophene rings is 1. The lowest BCUT2D eigenvalue weighted by molar-refractivity contribution is 0.447. The van der Waals surface area contributed by atoms with E-state index in [1.807, 2.05) is 5.38 Å². The average Bonchev–Trinajstić information content (AvgIpc) is 3.03. The molecule has 0 radical (unpaired) electrons. The smallest absolute Gasteiger partial charge is 0.252 e. The van der Waals surface area contributed by atoms with Gasteiger partial charge in [0.15, 0.2) is 0 Å². The van der Waals surface area contributed by atoms with Gasteiger partial charge in [-0.3, -0.25) is 0 Å². The van der Waals surface area contributed by atoms with Gasteiger partial charge in [-0.25, -0.2) is 8.42 Å². The summed E-state index contributed by atoms with van der Waals surface area (Å²) >= 11 is 1.29. The summed E-state index contributed by atoms with van der Waals surface area (Å²) in [7, 11) is -3.27. The van der Waals surface area contributed by atoms with Crippen molar-refractivity contribution in [2.45, 2.75) is 30.0 Å². The molecule has 100 valence electrons. The number of fused-ring (bicyclic) bond motifs is 1. The average molecular weight is 286 g/mol. The Labute approximate surface area is 112 Å². The van der Waals surface area contributed by atoms with Gasteiger partial charge < -0.3 is 5.73 Å². The first kappa shape index (κ1) is 12.6. The van der Waals surface area contributed by atoms with Crippen molar-refractivity contribution in [1.29, 1.82) is 0 Å². The molecule has 2 fully saturated rings. The highest BCUT2D eigenvalue weighted by molar-refractivity contribution is 7.91. The number of nitrogens with two attached hydrogens (primary N) is 1. The summed E-state index contributed by atoms with van der Waals surface area (Å²) in [5.74, 6) is 1.18. The van der Waals surface area contributed by atoms with Crippen molar-refractivity contribution in [3.05, 3.63) is 17.0 Å². The maximum atomic E-state index is 12.5. The fraction of sp³-hybridized carbons (Fsp3) is 0.667. The Bertz CT molecular complexity index is 526. The normalized spacial score (nSPS) is 28.7. The van der Waals surface area contributed by atoms with Crippen molar-refractivity contribution < 1.29 is 8.42 Å². The first-order chi connectivity index (χ1) is 8.61. The highest BCUT2D eigenvalue weighted by atomic mass is 32.2. The van der Waals surface area contributed by atoms with Crippen molar-refractivity contribution in [1.82, 2.24) is 4.31 Å². The zero-order chi connectivity index (χ0) is 12.8. The van der Waals surface area contributed by atoms with Crippen LogP contribution in [0.4, 0.5) is 0 Å². The van der Waals surface area contributed by atoms with E-state index in [4.69, 9.17) is 5.73 Å². The molecule has 0 aromatic carbocycles. The van der Waals surface area contributed by atoms with E-state index in [1.165, 1.54) is 30.6 Å². The van der Waals surface area contributed by atoms with Crippen molar-refractivity contribution in [2.75, 3.05) is 13.1 Å². The second kappa shape index (κ2) is 4.59. The van der Waals surface area contributed by atoms with Gasteiger partial charge in [-0.2, -0.15) is 4.31 Å². The van der Waals surface area contributed by atoms with E-state index >= 15 is 0 Å². The molecule has 2 aliphatic rings. The minimum Gasteiger partial charge on any atom is -0.326 e. The van der Waals surface area contributed by atoms with E-state index in [2.05, 4.69) is 0 Å². The molecule has 1 saturated carbocycles. The van der Waals surface area contributed by atoms with Crippen LogP contribution in [0.25, 0.3) is 0 Å². The number of nitrogens with zero attached hydrogens (tertiary/aromatic N) is 1. The van der Waals surface area contributed by atoms with E-state index in [0.717, 1.165) is 5.56 Å². The van der Waals surface area contributed by atoms with Gasteiger partial charge in [0, 0.05) is 19.6 Å². The molecule has 1 aromatic heterocycles. The Hall–Kier alpha value is -0.430. The van der Waals surface area contributed by atoms with Crippen molar-refractivity contribution >= 4 is 21.4 Å². The molecule has 1 aliphatic heterocycles. The van der Waals surface area contributed by atoms with Crippen LogP contribution in [-0.2, 0) is 16.6 Å². The van der Waals surface area contributed by atoms with E-state index in [1.54, 1.807) is 10.4 Å². The molecule has 18 heavy (non-hydrogen) atoms. The summed E-state index contributed by atoms with van der Waals surface area (Å²) in [6, 6.07) is 1.72. The van der Waals surface area contributed by atoms with Crippen LogP contribution < -0.4 is 5.73 Å². The van der Waals surface area contributed by atoms with Crippen molar-refractivity contribution in [3.8, 4) is 0 Å². The topological polar surface area (TPSA) is 63.4 Å². The van der Waals surface area contributed by atoms with Gasteiger partial charge in [-0.05, 0) is 41.7 Å². The molecule has 1 saturated heterocycles. The summed E-state index contributed by atoms with van der Waals surface area (Å²) < 4.78 is 27.1. The summed E-state index contributed by atoms with van der Waals surface area (Å²) in [5.41, 5.74) is 6.43. The predicted octanol–water partition coefficient (Wildman–Crippen LogP) is 1.63. The first-order valence-electron chi connectivity index (χ1n) is 6.39. The highest BCUT2D eigenvalue weighted by Crippen LogP contribution is 2.40. The minimum absolute atomic E-state index is 0.400. The Morgan fingerprint density at radius 2 is 2.00 bits per heavy atom. The zero-order valence-corrected chi connectivity index (χ0v) is 11.8.